The van der Waals surface area contributed by atoms with E-state index in [9.17, 15) is 23.3 Å². The van der Waals surface area contributed by atoms with Gasteiger partial charge in [-0.05, 0) is 24.3 Å². The Hall–Kier alpha value is -2.96. The number of nitrogens with zero attached hydrogens (tertiary/aromatic N) is 2. The highest BCUT2D eigenvalue weighted by molar-refractivity contribution is 7.88. The highest BCUT2D eigenvalue weighted by Gasteiger charge is 2.22. The Bertz CT molecular complexity index is 984. The lowest BCUT2D eigenvalue weighted by atomic mass is 10.1. The van der Waals surface area contributed by atoms with Crippen LogP contribution < -0.4 is 5.32 Å². The average Bonchev–Trinajstić information content (AvgIpc) is 3.16. The fourth-order valence-electron chi connectivity index (χ4n) is 2.22. The molecule has 2 aromatic rings. The molecule has 0 bridgehead atoms. The van der Waals surface area contributed by atoms with Gasteiger partial charge in [-0.15, -0.1) is 0 Å². The Morgan fingerprint density at radius 1 is 1.28 bits per heavy atom. The van der Waals surface area contributed by atoms with E-state index in [-0.39, 0.29) is 34.4 Å². The van der Waals surface area contributed by atoms with Gasteiger partial charge in [0.15, 0.2) is 0 Å². The predicted molar refractivity (Wildman–Crippen MR) is 102 cm³/mol. The Balaban J connectivity index is 2.08. The number of hydrogen-bond donors (Lipinski definition) is 1. The summed E-state index contributed by atoms with van der Waals surface area (Å²) < 4.78 is 40.1. The lowest BCUT2D eigenvalue weighted by Gasteiger charge is -2.09. The molecule has 29 heavy (non-hydrogen) atoms. The normalized spacial score (nSPS) is 11.4. The average molecular weight is 427 g/mol. The second kappa shape index (κ2) is 9.49. The van der Waals surface area contributed by atoms with Crippen molar-refractivity contribution in [1.82, 2.24) is 4.31 Å². The van der Waals surface area contributed by atoms with E-state index in [1.807, 2.05) is 0 Å². The van der Waals surface area contributed by atoms with Crippen molar-refractivity contribution in [2.45, 2.75) is 11.7 Å². The molecule has 0 radical (unpaired) electrons. The smallest absolute Gasteiger partial charge is 0.338 e. The monoisotopic (exact) mass is 427 g/mol. The first kappa shape index (κ1) is 22.3. The van der Waals surface area contributed by atoms with Crippen LogP contribution in [0.5, 0.6) is 0 Å². The SMILES string of the molecule is COCCNc1ccc(C(=O)OCc2ccc(S(=O)(=O)N(C)C)o2)cc1[N+](=O)[O-]. The molecule has 12 heteroatoms. The molecule has 158 valence electrons. The van der Waals surface area contributed by atoms with E-state index < -0.39 is 20.9 Å². The quantitative estimate of drug-likeness (QED) is 0.260. The minimum Gasteiger partial charge on any atom is -0.454 e. The Morgan fingerprint density at radius 3 is 2.62 bits per heavy atom. The second-order valence-corrected chi connectivity index (χ2v) is 8.08. The topological polar surface area (TPSA) is 141 Å². The molecule has 0 saturated carbocycles. The molecular weight excluding hydrogens is 406 g/mol. The number of ether oxygens (including phenoxy) is 2. The van der Waals surface area contributed by atoms with Gasteiger partial charge in [0, 0.05) is 33.8 Å². The Kier molecular flexibility index (Phi) is 7.31. The van der Waals surface area contributed by atoms with E-state index >= 15 is 0 Å². The molecular formula is C17H21N3O8S. The molecule has 0 amide bonds. The van der Waals surface area contributed by atoms with Crippen molar-refractivity contribution in [3.63, 3.8) is 0 Å². The molecule has 1 aromatic carbocycles. The number of hydrogen-bond acceptors (Lipinski definition) is 9. The molecule has 0 spiro atoms. The second-order valence-electron chi connectivity index (χ2n) is 5.99. The predicted octanol–water partition coefficient (Wildman–Crippen LogP) is 1.85. The highest BCUT2D eigenvalue weighted by Crippen LogP contribution is 2.26. The van der Waals surface area contributed by atoms with Gasteiger partial charge in [0.25, 0.3) is 15.7 Å². The molecule has 0 fully saturated rings. The van der Waals surface area contributed by atoms with Crippen LogP contribution in [0.15, 0.2) is 39.8 Å². The number of carbonyl (C=O) groups excluding carboxylic acids is 1. The minimum atomic E-state index is -3.74. The molecule has 1 heterocycles. The van der Waals surface area contributed by atoms with E-state index in [2.05, 4.69) is 5.32 Å². The third-order valence-corrected chi connectivity index (χ3v) is 5.46. The summed E-state index contributed by atoms with van der Waals surface area (Å²) in [6, 6.07) is 6.51. The highest BCUT2D eigenvalue weighted by atomic mass is 32.2. The number of esters is 1. The van der Waals surface area contributed by atoms with Crippen molar-refractivity contribution in [2.24, 2.45) is 0 Å². The third kappa shape index (κ3) is 5.53. The number of sulfonamides is 1. The number of carbonyl (C=O) groups is 1. The summed E-state index contributed by atoms with van der Waals surface area (Å²) in [7, 11) is 0.485. The van der Waals surface area contributed by atoms with Crippen molar-refractivity contribution < 1.29 is 32.0 Å². The molecule has 0 aliphatic heterocycles. The summed E-state index contributed by atoms with van der Waals surface area (Å²) in [5.41, 5.74) is -0.0669. The zero-order chi connectivity index (χ0) is 21.6. The van der Waals surface area contributed by atoms with Gasteiger partial charge < -0.3 is 19.2 Å². The number of benzene rings is 1. The molecule has 0 atom stereocenters. The molecule has 0 aliphatic rings. The fraction of sp³-hybridized carbons (Fsp3) is 0.353. The largest absolute Gasteiger partial charge is 0.454 e. The Morgan fingerprint density at radius 2 is 2.00 bits per heavy atom. The first-order valence-corrected chi connectivity index (χ1v) is 9.80. The van der Waals surface area contributed by atoms with Gasteiger partial charge in [-0.2, -0.15) is 0 Å². The van der Waals surface area contributed by atoms with Crippen LogP contribution in [0.25, 0.3) is 0 Å². The summed E-state index contributed by atoms with van der Waals surface area (Å²) in [4.78, 5) is 22.9. The van der Waals surface area contributed by atoms with Gasteiger partial charge >= 0.3 is 5.97 Å². The first-order valence-electron chi connectivity index (χ1n) is 8.36. The van der Waals surface area contributed by atoms with Crippen LogP contribution in [0.2, 0.25) is 0 Å². The van der Waals surface area contributed by atoms with Crippen molar-refractivity contribution in [1.29, 1.82) is 0 Å². The van der Waals surface area contributed by atoms with Gasteiger partial charge in [-0.3, -0.25) is 10.1 Å². The van der Waals surface area contributed by atoms with E-state index in [0.717, 1.165) is 10.4 Å². The summed E-state index contributed by atoms with van der Waals surface area (Å²) in [6.45, 7) is 0.386. The number of rotatable bonds is 10. The number of nitro benzene ring substituents is 1. The number of anilines is 1. The van der Waals surface area contributed by atoms with Crippen LogP contribution >= 0.6 is 0 Å². The van der Waals surface area contributed by atoms with Crippen molar-refractivity contribution in [3.8, 4) is 0 Å². The standard InChI is InChI=1S/C17H21N3O8S/c1-19(2)29(24,25)16-7-5-13(28-16)11-27-17(21)12-4-6-14(18-8-9-26-3)15(10-12)20(22)23/h4-7,10,18H,8-9,11H2,1-3H3. The van der Waals surface area contributed by atoms with Gasteiger partial charge in [-0.1, -0.05) is 0 Å². The maximum Gasteiger partial charge on any atom is 0.338 e. The van der Waals surface area contributed by atoms with Crippen molar-refractivity contribution >= 4 is 27.4 Å². The molecule has 1 aromatic heterocycles. The van der Waals surface area contributed by atoms with Crippen LogP contribution in [0.3, 0.4) is 0 Å². The van der Waals surface area contributed by atoms with Gasteiger partial charge in [-0.25, -0.2) is 17.5 Å². The van der Waals surface area contributed by atoms with Crippen LogP contribution in [0.1, 0.15) is 16.1 Å². The number of furan rings is 1. The van der Waals surface area contributed by atoms with Crippen molar-refractivity contribution in [2.75, 3.05) is 39.7 Å². The number of nitrogens with one attached hydrogen (secondary N) is 1. The molecule has 11 nitrogen and oxygen atoms in total. The number of methoxy groups -OCH3 is 1. The van der Waals surface area contributed by atoms with Crippen LogP contribution in [-0.2, 0) is 26.1 Å². The fourth-order valence-corrected chi connectivity index (χ4v) is 3.03. The van der Waals surface area contributed by atoms with E-state index in [0.29, 0.717) is 13.2 Å². The van der Waals surface area contributed by atoms with Crippen LogP contribution in [0.4, 0.5) is 11.4 Å². The molecule has 0 unspecified atom stereocenters. The maximum absolute atomic E-state index is 12.2. The van der Waals surface area contributed by atoms with Crippen LogP contribution in [-0.4, -0.2) is 58.0 Å². The van der Waals surface area contributed by atoms with E-state index in [4.69, 9.17) is 13.9 Å². The zero-order valence-corrected chi connectivity index (χ0v) is 16.9. The summed E-state index contributed by atoms with van der Waals surface area (Å²) in [5.74, 6) is -0.698. The first-order chi connectivity index (χ1) is 13.7. The summed E-state index contributed by atoms with van der Waals surface area (Å²) >= 11 is 0. The molecule has 0 aliphatic carbocycles. The molecule has 1 N–H and O–H groups in total. The van der Waals surface area contributed by atoms with Crippen LogP contribution in [0, 0.1) is 10.1 Å². The zero-order valence-electron chi connectivity index (χ0n) is 16.1. The van der Waals surface area contributed by atoms with E-state index in [1.165, 1.54) is 45.5 Å². The van der Waals surface area contributed by atoms with Crippen molar-refractivity contribution in [3.05, 3.63) is 51.8 Å². The number of nitro groups is 1. The third-order valence-electron chi connectivity index (χ3n) is 3.77. The minimum absolute atomic E-state index is 0.0262. The summed E-state index contributed by atoms with van der Waals surface area (Å²) in [6.07, 6.45) is 0. The van der Waals surface area contributed by atoms with E-state index in [1.54, 1.807) is 0 Å². The van der Waals surface area contributed by atoms with Gasteiger partial charge in [0.1, 0.15) is 18.1 Å². The lowest BCUT2D eigenvalue weighted by Crippen LogP contribution is -2.21. The lowest BCUT2D eigenvalue weighted by molar-refractivity contribution is -0.384. The molecule has 0 saturated heterocycles. The Labute approximate surface area is 167 Å². The maximum atomic E-state index is 12.2. The summed E-state index contributed by atoms with van der Waals surface area (Å²) in [5, 5.41) is 13.8. The van der Waals surface area contributed by atoms with Gasteiger partial charge in [0.2, 0.25) is 5.09 Å². The molecule has 2 rings (SSSR count). The van der Waals surface area contributed by atoms with Gasteiger partial charge in [0.05, 0.1) is 17.1 Å².